The highest BCUT2D eigenvalue weighted by molar-refractivity contribution is 5.84. The molecule has 0 amide bonds. The monoisotopic (exact) mass is 362 g/mol. The number of carboxylic acids is 2. The number of carbonyl (C=O) groups is 2. The SMILES string of the molecule is O=C(O)CCC1(CCC(=O)O)c2ccccc2-c2nc3ccccc3nc21. The molecular weight excluding hydrogens is 344 g/mol. The van der Waals surface area contributed by atoms with Gasteiger partial charge in [-0.2, -0.15) is 0 Å². The molecule has 0 spiro atoms. The lowest BCUT2D eigenvalue weighted by Crippen LogP contribution is -2.28. The van der Waals surface area contributed by atoms with E-state index in [1.54, 1.807) is 0 Å². The normalized spacial score (nSPS) is 13.9. The predicted molar refractivity (Wildman–Crippen MR) is 99.5 cm³/mol. The maximum absolute atomic E-state index is 11.3. The van der Waals surface area contributed by atoms with Crippen molar-refractivity contribution in [3.05, 3.63) is 59.8 Å². The zero-order valence-corrected chi connectivity index (χ0v) is 14.6. The van der Waals surface area contributed by atoms with Crippen molar-refractivity contribution in [2.45, 2.75) is 31.1 Å². The lowest BCUT2D eigenvalue weighted by molar-refractivity contribution is -0.137. The molecule has 4 rings (SSSR count). The van der Waals surface area contributed by atoms with Crippen molar-refractivity contribution in [1.29, 1.82) is 0 Å². The Labute approximate surface area is 155 Å². The van der Waals surface area contributed by atoms with Crippen molar-refractivity contribution in [2.24, 2.45) is 0 Å². The molecular formula is C21H18N2O4. The first-order chi connectivity index (χ1) is 13.0. The van der Waals surface area contributed by atoms with Crippen molar-refractivity contribution < 1.29 is 19.8 Å². The molecule has 0 saturated heterocycles. The van der Waals surface area contributed by atoms with Crippen molar-refractivity contribution in [3.8, 4) is 11.3 Å². The van der Waals surface area contributed by atoms with Crippen LogP contribution >= 0.6 is 0 Å². The van der Waals surface area contributed by atoms with E-state index < -0.39 is 17.4 Å². The number of carboxylic acid groups (broad SMARTS) is 2. The first-order valence-corrected chi connectivity index (χ1v) is 8.82. The molecule has 1 aliphatic rings. The van der Waals surface area contributed by atoms with Gasteiger partial charge >= 0.3 is 11.9 Å². The van der Waals surface area contributed by atoms with Gasteiger partial charge in [0.2, 0.25) is 0 Å². The number of hydrogen-bond donors (Lipinski definition) is 2. The number of aliphatic carboxylic acids is 2. The number of hydrogen-bond acceptors (Lipinski definition) is 4. The molecule has 0 bridgehead atoms. The number of nitrogens with zero attached hydrogens (tertiary/aromatic N) is 2. The second-order valence-corrected chi connectivity index (χ2v) is 6.82. The van der Waals surface area contributed by atoms with E-state index in [2.05, 4.69) is 0 Å². The summed E-state index contributed by atoms with van der Waals surface area (Å²) in [4.78, 5) is 32.3. The van der Waals surface area contributed by atoms with Crippen LogP contribution in [-0.4, -0.2) is 32.1 Å². The van der Waals surface area contributed by atoms with E-state index in [9.17, 15) is 19.8 Å². The van der Waals surface area contributed by atoms with E-state index in [1.165, 1.54) is 0 Å². The molecule has 0 saturated carbocycles. The van der Waals surface area contributed by atoms with E-state index in [4.69, 9.17) is 9.97 Å². The molecule has 0 fully saturated rings. The first-order valence-electron chi connectivity index (χ1n) is 8.82. The van der Waals surface area contributed by atoms with Crippen molar-refractivity contribution >= 4 is 23.0 Å². The van der Waals surface area contributed by atoms with Crippen LogP contribution in [0.5, 0.6) is 0 Å². The summed E-state index contributed by atoms with van der Waals surface area (Å²) in [6.07, 6.45) is 0.434. The molecule has 1 aromatic heterocycles. The summed E-state index contributed by atoms with van der Waals surface area (Å²) >= 11 is 0. The molecule has 2 N–H and O–H groups in total. The molecule has 1 aliphatic carbocycles. The zero-order chi connectivity index (χ0) is 19.0. The van der Waals surface area contributed by atoms with Crippen LogP contribution in [0.25, 0.3) is 22.3 Å². The third-order valence-electron chi connectivity index (χ3n) is 5.25. The summed E-state index contributed by atoms with van der Waals surface area (Å²) in [5.41, 5.74) is 3.95. The topological polar surface area (TPSA) is 100 Å². The van der Waals surface area contributed by atoms with E-state index in [0.29, 0.717) is 5.69 Å². The van der Waals surface area contributed by atoms with Gasteiger partial charge in [-0.3, -0.25) is 9.59 Å². The quantitative estimate of drug-likeness (QED) is 0.694. The number of aromatic nitrogens is 2. The molecule has 0 atom stereocenters. The van der Waals surface area contributed by atoms with Gasteiger partial charge in [-0.25, -0.2) is 9.97 Å². The minimum absolute atomic E-state index is 0.0676. The number of fused-ring (bicyclic) bond motifs is 4. The second kappa shape index (κ2) is 6.46. The van der Waals surface area contributed by atoms with Crippen LogP contribution in [0, 0.1) is 0 Å². The Hall–Kier alpha value is -3.28. The van der Waals surface area contributed by atoms with Crippen molar-refractivity contribution in [1.82, 2.24) is 9.97 Å². The third-order valence-corrected chi connectivity index (χ3v) is 5.25. The molecule has 27 heavy (non-hydrogen) atoms. The first kappa shape index (κ1) is 17.1. The summed E-state index contributed by atoms with van der Waals surface area (Å²) in [5.74, 6) is -1.83. The van der Waals surface area contributed by atoms with E-state index in [1.807, 2.05) is 48.5 Å². The van der Waals surface area contributed by atoms with E-state index in [0.717, 1.165) is 27.9 Å². The van der Waals surface area contributed by atoms with Gasteiger partial charge in [-0.1, -0.05) is 36.4 Å². The molecule has 0 unspecified atom stereocenters. The average molecular weight is 362 g/mol. The number of rotatable bonds is 6. The summed E-state index contributed by atoms with van der Waals surface area (Å²) in [6, 6.07) is 15.2. The van der Waals surface area contributed by atoms with Gasteiger partial charge in [-0.15, -0.1) is 0 Å². The minimum atomic E-state index is -0.913. The number of benzene rings is 2. The molecule has 1 heterocycles. The highest BCUT2D eigenvalue weighted by Gasteiger charge is 2.45. The Morgan fingerprint density at radius 3 is 2.00 bits per heavy atom. The predicted octanol–water partition coefficient (Wildman–Crippen LogP) is 3.63. The number of para-hydroxylation sites is 2. The van der Waals surface area contributed by atoms with Gasteiger partial charge in [-0.05, 0) is 30.5 Å². The lowest BCUT2D eigenvalue weighted by Gasteiger charge is -2.30. The second-order valence-electron chi connectivity index (χ2n) is 6.82. The Balaban J connectivity index is 1.97. The fourth-order valence-electron chi connectivity index (χ4n) is 4.03. The molecule has 0 aliphatic heterocycles. The van der Waals surface area contributed by atoms with E-state index >= 15 is 0 Å². The molecule has 0 radical (unpaired) electrons. The summed E-state index contributed by atoms with van der Waals surface area (Å²) in [7, 11) is 0. The lowest BCUT2D eigenvalue weighted by atomic mass is 9.73. The Morgan fingerprint density at radius 2 is 1.37 bits per heavy atom. The maximum Gasteiger partial charge on any atom is 0.303 e. The van der Waals surface area contributed by atoms with Crippen molar-refractivity contribution in [2.75, 3.05) is 0 Å². The van der Waals surface area contributed by atoms with Crippen LogP contribution < -0.4 is 0 Å². The molecule has 2 aromatic carbocycles. The third kappa shape index (κ3) is 2.83. The maximum atomic E-state index is 11.3. The largest absolute Gasteiger partial charge is 0.481 e. The van der Waals surface area contributed by atoms with Crippen LogP contribution in [0.15, 0.2) is 48.5 Å². The zero-order valence-electron chi connectivity index (χ0n) is 14.6. The minimum Gasteiger partial charge on any atom is -0.481 e. The van der Waals surface area contributed by atoms with Gasteiger partial charge in [0.05, 0.1) is 22.4 Å². The Morgan fingerprint density at radius 1 is 0.815 bits per heavy atom. The molecule has 136 valence electrons. The fraction of sp³-hybridized carbons (Fsp3) is 0.238. The van der Waals surface area contributed by atoms with Crippen molar-refractivity contribution in [3.63, 3.8) is 0 Å². The average Bonchev–Trinajstić information content (AvgIpc) is 2.93. The van der Waals surface area contributed by atoms with Crippen LogP contribution in [0.3, 0.4) is 0 Å². The standard InChI is InChI=1S/C21H18N2O4/c24-17(25)9-11-21(12-10-18(26)27)14-6-2-1-5-13(14)19-20(21)23-16-8-4-3-7-15(16)22-19/h1-8H,9-12H2,(H,24,25)(H,26,27). The van der Waals surface area contributed by atoms with Gasteiger partial charge in [0.15, 0.2) is 0 Å². The molecule has 6 nitrogen and oxygen atoms in total. The van der Waals surface area contributed by atoms with Gasteiger partial charge in [0.25, 0.3) is 0 Å². The van der Waals surface area contributed by atoms with Crippen LogP contribution in [0.1, 0.15) is 36.9 Å². The van der Waals surface area contributed by atoms with Gasteiger partial charge < -0.3 is 10.2 Å². The summed E-state index contributed by atoms with van der Waals surface area (Å²) < 4.78 is 0. The Kier molecular flexibility index (Phi) is 4.11. The summed E-state index contributed by atoms with van der Waals surface area (Å²) in [6.45, 7) is 0. The van der Waals surface area contributed by atoms with Gasteiger partial charge in [0.1, 0.15) is 0 Å². The highest BCUT2D eigenvalue weighted by atomic mass is 16.4. The molecule has 3 aromatic rings. The highest BCUT2D eigenvalue weighted by Crippen LogP contribution is 2.52. The van der Waals surface area contributed by atoms with Crippen LogP contribution in [0.2, 0.25) is 0 Å². The van der Waals surface area contributed by atoms with Gasteiger partial charge in [0, 0.05) is 23.8 Å². The van der Waals surface area contributed by atoms with E-state index in [-0.39, 0.29) is 25.7 Å². The van der Waals surface area contributed by atoms with Crippen LogP contribution in [-0.2, 0) is 15.0 Å². The molecule has 6 heteroatoms. The Bertz CT molecular complexity index is 1040. The van der Waals surface area contributed by atoms with Crippen LogP contribution in [0.4, 0.5) is 0 Å². The smallest absolute Gasteiger partial charge is 0.303 e. The summed E-state index contributed by atoms with van der Waals surface area (Å²) in [5, 5.41) is 18.6. The fourth-order valence-corrected chi connectivity index (χ4v) is 4.03.